The molecule has 0 N–H and O–H groups in total. The molecule has 0 bridgehead atoms. The van der Waals surface area contributed by atoms with E-state index >= 15 is 0 Å². The van der Waals surface area contributed by atoms with Crippen LogP contribution in [-0.4, -0.2) is 18.8 Å². The van der Waals surface area contributed by atoms with Crippen molar-refractivity contribution < 1.29 is 9.47 Å². The van der Waals surface area contributed by atoms with E-state index < -0.39 is 0 Å². The number of methoxy groups -OCH3 is 2. The Bertz CT molecular complexity index is 2070. The SMILES string of the molecule is C=Cc1ccc(N(c2ccc(OC)cc2)c2ccc3c(c2)c2cc(N(c4ccc(C=C)cc4)c4ccc(OC)cc4)ccc2n3C)cc1. The van der Waals surface area contributed by atoms with Gasteiger partial charge in [0, 0.05) is 63.0 Å². The molecule has 0 fully saturated rings. The highest BCUT2D eigenvalue weighted by atomic mass is 16.5. The van der Waals surface area contributed by atoms with Crippen LogP contribution in [0.5, 0.6) is 11.5 Å². The Balaban J connectivity index is 1.40. The van der Waals surface area contributed by atoms with Crippen molar-refractivity contribution in [2.24, 2.45) is 7.05 Å². The number of ether oxygens (including phenoxy) is 2. The monoisotopic (exact) mass is 627 g/mol. The average Bonchev–Trinajstić information content (AvgIpc) is 3.43. The third kappa shape index (κ3) is 5.56. The first-order valence-corrected chi connectivity index (χ1v) is 15.9. The number of anilines is 6. The van der Waals surface area contributed by atoms with Crippen LogP contribution in [0.2, 0.25) is 0 Å². The molecule has 0 saturated heterocycles. The Hall–Kier alpha value is -6.20. The van der Waals surface area contributed by atoms with Crippen molar-refractivity contribution in [3.05, 3.63) is 158 Å². The van der Waals surface area contributed by atoms with E-state index in [9.17, 15) is 0 Å². The molecule has 5 heteroatoms. The maximum Gasteiger partial charge on any atom is 0.119 e. The van der Waals surface area contributed by atoms with Crippen molar-refractivity contribution in [2.75, 3.05) is 24.0 Å². The molecule has 0 saturated carbocycles. The Kier molecular flexibility index (Phi) is 8.18. The van der Waals surface area contributed by atoms with E-state index in [0.717, 1.165) is 67.8 Å². The molecule has 236 valence electrons. The van der Waals surface area contributed by atoms with Gasteiger partial charge >= 0.3 is 0 Å². The highest BCUT2D eigenvalue weighted by molar-refractivity contribution is 6.11. The maximum absolute atomic E-state index is 5.47. The highest BCUT2D eigenvalue weighted by Crippen LogP contribution is 2.42. The number of nitrogens with zero attached hydrogens (tertiary/aromatic N) is 3. The van der Waals surface area contributed by atoms with Gasteiger partial charge in [-0.2, -0.15) is 0 Å². The van der Waals surface area contributed by atoms with Crippen molar-refractivity contribution >= 4 is 68.1 Å². The average molecular weight is 628 g/mol. The number of hydrogen-bond acceptors (Lipinski definition) is 4. The maximum atomic E-state index is 5.47. The molecule has 1 heterocycles. The Labute approximate surface area is 281 Å². The molecule has 0 aliphatic carbocycles. The molecule has 0 aliphatic rings. The van der Waals surface area contributed by atoms with Crippen LogP contribution in [0, 0.1) is 0 Å². The number of rotatable bonds is 10. The largest absolute Gasteiger partial charge is 0.497 e. The van der Waals surface area contributed by atoms with E-state index in [-0.39, 0.29) is 0 Å². The van der Waals surface area contributed by atoms with Gasteiger partial charge in [0.05, 0.1) is 14.2 Å². The third-order valence-corrected chi connectivity index (χ3v) is 8.92. The van der Waals surface area contributed by atoms with Crippen LogP contribution in [0.25, 0.3) is 34.0 Å². The Morgan fingerprint density at radius 3 is 1.08 bits per heavy atom. The van der Waals surface area contributed by atoms with Gasteiger partial charge in [-0.3, -0.25) is 0 Å². The van der Waals surface area contributed by atoms with Gasteiger partial charge in [-0.15, -0.1) is 0 Å². The summed E-state index contributed by atoms with van der Waals surface area (Å²) < 4.78 is 13.2. The second-order valence-corrected chi connectivity index (χ2v) is 11.6. The fourth-order valence-corrected chi connectivity index (χ4v) is 6.35. The van der Waals surface area contributed by atoms with E-state index in [1.807, 2.05) is 36.4 Å². The van der Waals surface area contributed by atoms with E-state index in [0.29, 0.717) is 0 Å². The van der Waals surface area contributed by atoms with Gasteiger partial charge in [0.2, 0.25) is 0 Å². The normalized spacial score (nSPS) is 11.0. The van der Waals surface area contributed by atoms with Crippen molar-refractivity contribution in [1.82, 2.24) is 4.57 Å². The quantitative estimate of drug-likeness (QED) is 0.151. The third-order valence-electron chi connectivity index (χ3n) is 8.92. The first kappa shape index (κ1) is 30.5. The number of hydrogen-bond donors (Lipinski definition) is 0. The summed E-state index contributed by atoms with van der Waals surface area (Å²) in [6.45, 7) is 7.87. The van der Waals surface area contributed by atoms with Gasteiger partial charge in [-0.25, -0.2) is 0 Å². The Morgan fingerprint density at radius 1 is 0.458 bits per heavy atom. The molecule has 6 aromatic carbocycles. The lowest BCUT2D eigenvalue weighted by molar-refractivity contribution is 0.414. The van der Waals surface area contributed by atoms with Crippen LogP contribution >= 0.6 is 0 Å². The standard InChI is InChI=1S/C43H37N3O2/c1-6-30-8-12-32(13-9-30)45(34-16-22-38(47-4)23-17-34)36-20-26-42-40(28-36)41-29-37(21-27-43(41)44(42)3)46(33-14-10-31(7-2)11-15-33)35-18-24-39(48-5)25-19-35/h6-29H,1-2H2,3-5H3. The smallest absolute Gasteiger partial charge is 0.119 e. The second-order valence-electron chi connectivity index (χ2n) is 11.6. The molecule has 0 spiro atoms. The zero-order chi connectivity index (χ0) is 33.2. The van der Waals surface area contributed by atoms with Gasteiger partial charge in [0.15, 0.2) is 0 Å². The van der Waals surface area contributed by atoms with Crippen molar-refractivity contribution in [2.45, 2.75) is 0 Å². The zero-order valence-corrected chi connectivity index (χ0v) is 27.4. The van der Waals surface area contributed by atoms with Gasteiger partial charge in [-0.05, 0) is 120 Å². The molecule has 0 unspecified atom stereocenters. The molecule has 7 aromatic rings. The molecule has 0 atom stereocenters. The minimum Gasteiger partial charge on any atom is -0.497 e. The fourth-order valence-electron chi connectivity index (χ4n) is 6.35. The van der Waals surface area contributed by atoms with Crippen LogP contribution in [-0.2, 0) is 7.05 Å². The molecule has 7 rings (SSSR count). The zero-order valence-electron chi connectivity index (χ0n) is 27.4. The number of benzene rings is 6. The molecular weight excluding hydrogens is 590 g/mol. The van der Waals surface area contributed by atoms with Gasteiger partial charge in [0.25, 0.3) is 0 Å². The number of fused-ring (bicyclic) bond motifs is 3. The van der Waals surface area contributed by atoms with E-state index in [4.69, 9.17) is 9.47 Å². The van der Waals surface area contributed by atoms with Crippen LogP contribution in [0.3, 0.4) is 0 Å². The molecule has 1 aromatic heterocycles. The molecule has 0 radical (unpaired) electrons. The predicted octanol–water partition coefficient (Wildman–Crippen LogP) is 11.6. The van der Waals surface area contributed by atoms with Gasteiger partial charge in [-0.1, -0.05) is 49.6 Å². The molecule has 0 aliphatic heterocycles. The lowest BCUT2D eigenvalue weighted by Crippen LogP contribution is -2.10. The first-order chi connectivity index (χ1) is 23.5. The molecule has 48 heavy (non-hydrogen) atoms. The second kappa shape index (κ2) is 12.9. The fraction of sp³-hybridized carbons (Fsp3) is 0.0698. The molecular formula is C43H37N3O2. The highest BCUT2D eigenvalue weighted by Gasteiger charge is 2.19. The van der Waals surface area contributed by atoms with Crippen LogP contribution in [0.15, 0.2) is 147 Å². The summed E-state index contributed by atoms with van der Waals surface area (Å²) in [7, 11) is 5.51. The molecule has 5 nitrogen and oxygen atoms in total. The summed E-state index contributed by atoms with van der Waals surface area (Å²) in [6.07, 6.45) is 3.73. The van der Waals surface area contributed by atoms with E-state index in [1.165, 1.54) is 10.8 Å². The van der Waals surface area contributed by atoms with Gasteiger partial charge < -0.3 is 23.8 Å². The predicted molar refractivity (Wildman–Crippen MR) is 203 cm³/mol. The Morgan fingerprint density at radius 2 is 0.771 bits per heavy atom. The van der Waals surface area contributed by atoms with Crippen molar-refractivity contribution in [3.63, 3.8) is 0 Å². The lowest BCUT2D eigenvalue weighted by Gasteiger charge is -2.26. The molecule has 0 amide bonds. The summed E-state index contributed by atoms with van der Waals surface area (Å²) in [5, 5.41) is 2.34. The number of aryl methyl sites for hydroxylation is 1. The van der Waals surface area contributed by atoms with Crippen molar-refractivity contribution in [3.8, 4) is 11.5 Å². The van der Waals surface area contributed by atoms with E-state index in [1.54, 1.807) is 14.2 Å². The first-order valence-electron chi connectivity index (χ1n) is 15.9. The summed E-state index contributed by atoms with van der Waals surface area (Å²) >= 11 is 0. The minimum atomic E-state index is 0.818. The number of aromatic nitrogens is 1. The lowest BCUT2D eigenvalue weighted by atomic mass is 10.1. The van der Waals surface area contributed by atoms with Crippen molar-refractivity contribution in [1.29, 1.82) is 0 Å². The summed E-state index contributed by atoms with van der Waals surface area (Å²) in [5.41, 5.74) is 10.8. The van der Waals surface area contributed by atoms with Crippen LogP contribution < -0.4 is 19.3 Å². The topological polar surface area (TPSA) is 29.9 Å². The minimum absolute atomic E-state index is 0.818. The van der Waals surface area contributed by atoms with Crippen LogP contribution in [0.4, 0.5) is 34.1 Å². The van der Waals surface area contributed by atoms with Crippen LogP contribution in [0.1, 0.15) is 11.1 Å². The summed E-state index contributed by atoms with van der Waals surface area (Å²) in [6, 6.07) is 46.7. The summed E-state index contributed by atoms with van der Waals surface area (Å²) in [4.78, 5) is 4.55. The summed E-state index contributed by atoms with van der Waals surface area (Å²) in [5.74, 6) is 1.64. The van der Waals surface area contributed by atoms with Gasteiger partial charge in [0.1, 0.15) is 11.5 Å². The van der Waals surface area contributed by atoms with E-state index in [2.05, 4.69) is 144 Å².